The van der Waals surface area contributed by atoms with Gasteiger partial charge in [0.15, 0.2) is 0 Å². The van der Waals surface area contributed by atoms with Crippen molar-refractivity contribution in [1.29, 1.82) is 0 Å². The van der Waals surface area contributed by atoms with E-state index in [1.54, 1.807) is 0 Å². The SMILES string of the molecule is NC(=O)[C@@H]1CC[C@@H]2CN1C(=O)N2. The first-order valence-corrected chi connectivity index (χ1v) is 4.05. The highest BCUT2D eigenvalue weighted by atomic mass is 16.2. The Morgan fingerprint density at radius 1 is 1.58 bits per heavy atom. The maximum Gasteiger partial charge on any atom is 0.318 e. The second kappa shape index (κ2) is 2.36. The summed E-state index contributed by atoms with van der Waals surface area (Å²) >= 11 is 0. The smallest absolute Gasteiger partial charge is 0.318 e. The minimum atomic E-state index is -0.398. The number of carbonyl (C=O) groups excluding carboxylic acids is 2. The molecule has 0 saturated carbocycles. The molecule has 2 rings (SSSR count). The highest BCUT2D eigenvalue weighted by Gasteiger charge is 2.40. The molecule has 0 unspecified atom stereocenters. The predicted octanol–water partition coefficient (Wildman–Crippen LogP) is -0.972. The van der Waals surface area contributed by atoms with Gasteiger partial charge < -0.3 is 16.0 Å². The van der Waals surface area contributed by atoms with Crippen LogP contribution in [0.5, 0.6) is 0 Å². The quantitative estimate of drug-likeness (QED) is 0.529. The van der Waals surface area contributed by atoms with Gasteiger partial charge in [-0.05, 0) is 12.8 Å². The number of rotatable bonds is 1. The lowest BCUT2D eigenvalue weighted by molar-refractivity contribution is -0.122. The van der Waals surface area contributed by atoms with Gasteiger partial charge >= 0.3 is 6.03 Å². The molecule has 2 aliphatic rings. The van der Waals surface area contributed by atoms with Crippen molar-refractivity contribution in [1.82, 2.24) is 10.2 Å². The van der Waals surface area contributed by atoms with Crippen LogP contribution in [0, 0.1) is 0 Å². The highest BCUT2D eigenvalue weighted by Crippen LogP contribution is 2.22. The maximum atomic E-state index is 11.2. The van der Waals surface area contributed by atoms with E-state index in [0.717, 1.165) is 6.42 Å². The van der Waals surface area contributed by atoms with E-state index in [1.165, 1.54) is 4.90 Å². The molecule has 5 nitrogen and oxygen atoms in total. The number of nitrogens with one attached hydrogen (secondary N) is 1. The van der Waals surface area contributed by atoms with Gasteiger partial charge in [-0.3, -0.25) is 4.79 Å². The number of fused-ring (bicyclic) bond motifs is 2. The zero-order valence-corrected chi connectivity index (χ0v) is 6.62. The molecule has 5 heteroatoms. The fraction of sp³-hybridized carbons (Fsp3) is 0.714. The first kappa shape index (κ1) is 7.39. The summed E-state index contributed by atoms with van der Waals surface area (Å²) in [6.07, 6.45) is 1.55. The molecule has 2 saturated heterocycles. The average molecular weight is 169 g/mol. The number of carbonyl (C=O) groups is 2. The Hall–Kier alpha value is -1.26. The summed E-state index contributed by atoms with van der Waals surface area (Å²) in [5, 5.41) is 2.78. The van der Waals surface area contributed by atoms with Gasteiger partial charge in [0, 0.05) is 12.6 Å². The molecule has 12 heavy (non-hydrogen) atoms. The number of amides is 3. The van der Waals surface area contributed by atoms with Gasteiger partial charge in [-0.15, -0.1) is 0 Å². The van der Waals surface area contributed by atoms with E-state index < -0.39 is 5.91 Å². The van der Waals surface area contributed by atoms with Crippen LogP contribution in [0.2, 0.25) is 0 Å². The molecule has 0 aromatic rings. The van der Waals surface area contributed by atoms with E-state index in [0.29, 0.717) is 13.0 Å². The predicted molar refractivity (Wildman–Crippen MR) is 41.2 cm³/mol. The van der Waals surface area contributed by atoms with E-state index >= 15 is 0 Å². The number of piperidine rings is 1. The minimum absolute atomic E-state index is 0.152. The second-order valence-electron chi connectivity index (χ2n) is 3.29. The molecule has 2 fully saturated rings. The molecule has 0 radical (unpaired) electrons. The van der Waals surface area contributed by atoms with Crippen LogP contribution in [0.1, 0.15) is 12.8 Å². The first-order chi connectivity index (χ1) is 5.68. The van der Waals surface area contributed by atoms with E-state index in [9.17, 15) is 9.59 Å². The van der Waals surface area contributed by atoms with E-state index in [4.69, 9.17) is 5.73 Å². The second-order valence-corrected chi connectivity index (χ2v) is 3.29. The molecule has 3 amide bonds. The van der Waals surface area contributed by atoms with Gasteiger partial charge in [-0.2, -0.15) is 0 Å². The summed E-state index contributed by atoms with van der Waals surface area (Å²) in [5.74, 6) is -0.398. The van der Waals surface area contributed by atoms with E-state index in [-0.39, 0.29) is 18.1 Å². The zero-order valence-electron chi connectivity index (χ0n) is 6.62. The average Bonchev–Trinajstić information content (AvgIpc) is 2.28. The number of hydrogen-bond donors (Lipinski definition) is 2. The number of primary amides is 1. The van der Waals surface area contributed by atoms with Gasteiger partial charge in [0.25, 0.3) is 0 Å². The lowest BCUT2D eigenvalue weighted by Crippen LogP contribution is -2.47. The molecule has 2 bridgehead atoms. The van der Waals surface area contributed by atoms with Crippen LogP contribution in [0.3, 0.4) is 0 Å². The largest absolute Gasteiger partial charge is 0.368 e. The van der Waals surface area contributed by atoms with Gasteiger partial charge in [-0.25, -0.2) is 4.79 Å². The summed E-state index contributed by atoms with van der Waals surface area (Å²) in [7, 11) is 0. The molecule has 2 atom stereocenters. The lowest BCUT2D eigenvalue weighted by Gasteiger charge is -2.27. The van der Waals surface area contributed by atoms with Crippen molar-refractivity contribution in [3.8, 4) is 0 Å². The Morgan fingerprint density at radius 3 is 3.00 bits per heavy atom. The lowest BCUT2D eigenvalue weighted by atomic mass is 10.0. The van der Waals surface area contributed by atoms with Crippen molar-refractivity contribution in [2.45, 2.75) is 24.9 Å². The fourth-order valence-electron chi connectivity index (χ4n) is 1.87. The normalized spacial score (nSPS) is 33.3. The van der Waals surface area contributed by atoms with Crippen LogP contribution in [0.15, 0.2) is 0 Å². The van der Waals surface area contributed by atoms with Crippen LogP contribution < -0.4 is 11.1 Å². The molecular weight excluding hydrogens is 158 g/mol. The molecule has 0 aromatic heterocycles. The topological polar surface area (TPSA) is 75.4 Å². The summed E-state index contributed by atoms with van der Waals surface area (Å²) in [6.45, 7) is 0.631. The van der Waals surface area contributed by atoms with Crippen molar-refractivity contribution in [3.63, 3.8) is 0 Å². The summed E-state index contributed by atoms with van der Waals surface area (Å²) in [4.78, 5) is 23.6. The minimum Gasteiger partial charge on any atom is -0.368 e. The molecule has 2 aliphatic heterocycles. The molecule has 0 aromatic carbocycles. The van der Waals surface area contributed by atoms with Crippen molar-refractivity contribution >= 4 is 11.9 Å². The highest BCUT2D eigenvalue weighted by molar-refractivity contribution is 5.87. The molecule has 2 heterocycles. The third kappa shape index (κ3) is 0.929. The number of urea groups is 1. The summed E-state index contributed by atoms with van der Waals surface area (Å²) in [5.41, 5.74) is 5.15. The van der Waals surface area contributed by atoms with E-state index in [1.807, 2.05) is 0 Å². The number of nitrogens with two attached hydrogens (primary N) is 1. The van der Waals surface area contributed by atoms with Crippen LogP contribution in [-0.4, -0.2) is 35.5 Å². The Balaban J connectivity index is 2.18. The Morgan fingerprint density at radius 2 is 2.33 bits per heavy atom. The van der Waals surface area contributed by atoms with Gasteiger partial charge in [0.05, 0.1) is 0 Å². The first-order valence-electron chi connectivity index (χ1n) is 4.05. The third-order valence-electron chi connectivity index (χ3n) is 2.50. The van der Waals surface area contributed by atoms with Crippen molar-refractivity contribution in [3.05, 3.63) is 0 Å². The van der Waals surface area contributed by atoms with Crippen LogP contribution in [0.4, 0.5) is 4.79 Å². The Kier molecular flexibility index (Phi) is 1.46. The van der Waals surface area contributed by atoms with Crippen molar-refractivity contribution in [2.75, 3.05) is 6.54 Å². The molecule has 0 aliphatic carbocycles. The maximum absolute atomic E-state index is 11.2. The van der Waals surface area contributed by atoms with E-state index in [2.05, 4.69) is 5.32 Å². The third-order valence-corrected chi connectivity index (χ3v) is 2.50. The fourth-order valence-corrected chi connectivity index (χ4v) is 1.87. The van der Waals surface area contributed by atoms with Crippen LogP contribution in [-0.2, 0) is 4.79 Å². The van der Waals surface area contributed by atoms with Crippen molar-refractivity contribution in [2.24, 2.45) is 5.73 Å². The van der Waals surface area contributed by atoms with Crippen molar-refractivity contribution < 1.29 is 9.59 Å². The molecule has 66 valence electrons. The Labute approximate surface area is 69.9 Å². The zero-order chi connectivity index (χ0) is 8.72. The van der Waals surface area contributed by atoms with Gasteiger partial charge in [-0.1, -0.05) is 0 Å². The van der Waals surface area contributed by atoms with Gasteiger partial charge in [0.2, 0.25) is 5.91 Å². The molecule has 3 N–H and O–H groups in total. The summed E-state index contributed by atoms with van der Waals surface area (Å²) in [6, 6.07) is -0.307. The van der Waals surface area contributed by atoms with Crippen LogP contribution >= 0.6 is 0 Å². The standard InChI is InChI=1S/C7H11N3O2/c8-6(11)5-2-1-4-3-10(5)7(12)9-4/h4-5H,1-3H2,(H2,8,11)(H,9,12)/t4-,5+/m1/s1. The number of nitrogens with zero attached hydrogens (tertiary/aromatic N) is 1. The molecular formula is C7H11N3O2. The van der Waals surface area contributed by atoms with Gasteiger partial charge in [0.1, 0.15) is 6.04 Å². The number of hydrogen-bond acceptors (Lipinski definition) is 2. The van der Waals surface area contributed by atoms with Crippen LogP contribution in [0.25, 0.3) is 0 Å². The Bertz CT molecular complexity index is 241. The monoisotopic (exact) mass is 169 g/mol. The summed E-state index contributed by atoms with van der Waals surface area (Å²) < 4.78 is 0. The molecule has 0 spiro atoms.